The summed E-state index contributed by atoms with van der Waals surface area (Å²) in [4.78, 5) is 23.9. The van der Waals surface area contributed by atoms with Crippen LogP contribution in [0.1, 0.15) is 11.1 Å². The highest BCUT2D eigenvalue weighted by Gasteiger charge is 2.14. The number of methoxy groups -OCH3 is 1. The maximum absolute atomic E-state index is 12.0. The number of carbonyl (C=O) groups is 2. The number of benzene rings is 3. The summed E-state index contributed by atoms with van der Waals surface area (Å²) in [6, 6.07) is 16.8. The highest BCUT2D eigenvalue weighted by molar-refractivity contribution is 6.41. The van der Waals surface area contributed by atoms with E-state index in [4.69, 9.17) is 44.3 Å². The van der Waals surface area contributed by atoms with Crippen LogP contribution in [0.15, 0.2) is 65.8 Å². The smallest absolute Gasteiger partial charge is 0.329 e. The van der Waals surface area contributed by atoms with Crippen molar-refractivity contribution in [1.82, 2.24) is 5.43 Å². The molecule has 170 valence electrons. The summed E-state index contributed by atoms with van der Waals surface area (Å²) in [6.07, 6.45) is 1.36. The van der Waals surface area contributed by atoms with Gasteiger partial charge in [-0.25, -0.2) is 5.43 Å². The van der Waals surface area contributed by atoms with E-state index < -0.39 is 11.8 Å². The molecule has 0 saturated carbocycles. The Bertz CT molecular complexity index is 1180. The second kappa shape index (κ2) is 11.6. The zero-order valence-electron chi connectivity index (χ0n) is 17.3. The minimum absolute atomic E-state index is 0.152. The Morgan fingerprint density at radius 3 is 2.30 bits per heavy atom. The minimum Gasteiger partial charge on any atom is -0.493 e. The van der Waals surface area contributed by atoms with E-state index in [0.29, 0.717) is 43.4 Å². The number of nitrogens with one attached hydrogen (secondary N) is 2. The van der Waals surface area contributed by atoms with Crippen LogP contribution in [0.25, 0.3) is 0 Å². The highest BCUT2D eigenvalue weighted by atomic mass is 35.5. The van der Waals surface area contributed by atoms with Crippen molar-refractivity contribution in [3.05, 3.63) is 86.9 Å². The Kier molecular flexibility index (Phi) is 8.54. The van der Waals surface area contributed by atoms with Crippen molar-refractivity contribution in [3.8, 4) is 11.5 Å². The van der Waals surface area contributed by atoms with Gasteiger partial charge in [-0.05, 0) is 48.0 Å². The van der Waals surface area contributed by atoms with Gasteiger partial charge in [0.1, 0.15) is 6.61 Å². The highest BCUT2D eigenvalue weighted by Crippen LogP contribution is 2.31. The standard InChI is InChI=1S/C23H18Cl3N3O4/c1-32-21-11-14(9-10-20(21)33-13-15-16(24)6-4-7-17(15)25)12-27-29-23(31)22(30)28-19-8-3-2-5-18(19)26/h2-12H,13H2,1H3,(H,28,30)(H,29,31). The number of ether oxygens (including phenoxy) is 2. The maximum Gasteiger partial charge on any atom is 0.329 e. The van der Waals surface area contributed by atoms with Crippen molar-refractivity contribution in [3.63, 3.8) is 0 Å². The predicted octanol–water partition coefficient (Wildman–Crippen LogP) is 5.32. The van der Waals surface area contributed by atoms with Crippen LogP contribution in [0.5, 0.6) is 11.5 Å². The van der Waals surface area contributed by atoms with Crippen molar-refractivity contribution >= 4 is 58.5 Å². The molecule has 3 aromatic carbocycles. The molecule has 0 unspecified atom stereocenters. The Morgan fingerprint density at radius 1 is 0.909 bits per heavy atom. The van der Waals surface area contributed by atoms with Gasteiger partial charge < -0.3 is 14.8 Å². The van der Waals surface area contributed by atoms with Gasteiger partial charge >= 0.3 is 11.8 Å². The molecular weight excluding hydrogens is 489 g/mol. The Labute approximate surface area is 205 Å². The number of amides is 2. The number of anilines is 1. The molecule has 0 aromatic heterocycles. The van der Waals surface area contributed by atoms with E-state index in [9.17, 15) is 9.59 Å². The number of hydrogen-bond donors (Lipinski definition) is 2. The molecule has 10 heteroatoms. The molecule has 33 heavy (non-hydrogen) atoms. The molecule has 0 atom stereocenters. The Morgan fingerprint density at radius 2 is 1.61 bits per heavy atom. The van der Waals surface area contributed by atoms with Crippen molar-refractivity contribution in [2.75, 3.05) is 12.4 Å². The molecular formula is C23H18Cl3N3O4. The first-order valence-corrected chi connectivity index (χ1v) is 10.6. The summed E-state index contributed by atoms with van der Waals surface area (Å²) < 4.78 is 11.2. The number of rotatable bonds is 7. The van der Waals surface area contributed by atoms with E-state index >= 15 is 0 Å². The van der Waals surface area contributed by atoms with Gasteiger partial charge in [-0.1, -0.05) is 53.0 Å². The number of para-hydroxylation sites is 1. The van der Waals surface area contributed by atoms with E-state index in [1.54, 1.807) is 60.7 Å². The van der Waals surface area contributed by atoms with Crippen molar-refractivity contribution < 1.29 is 19.1 Å². The molecule has 0 saturated heterocycles. The lowest BCUT2D eigenvalue weighted by Crippen LogP contribution is -2.32. The molecule has 2 amide bonds. The summed E-state index contributed by atoms with van der Waals surface area (Å²) in [6.45, 7) is 0.152. The molecule has 3 aromatic rings. The van der Waals surface area contributed by atoms with Crippen LogP contribution >= 0.6 is 34.8 Å². The van der Waals surface area contributed by atoms with E-state index in [2.05, 4.69) is 15.8 Å². The second-order valence-electron chi connectivity index (χ2n) is 6.53. The average molecular weight is 507 g/mol. The fourth-order valence-corrected chi connectivity index (χ4v) is 3.35. The van der Waals surface area contributed by atoms with Gasteiger partial charge in [0.25, 0.3) is 0 Å². The van der Waals surface area contributed by atoms with Gasteiger partial charge in [-0.3, -0.25) is 9.59 Å². The lowest BCUT2D eigenvalue weighted by molar-refractivity contribution is -0.136. The summed E-state index contributed by atoms with van der Waals surface area (Å²) >= 11 is 18.3. The van der Waals surface area contributed by atoms with Gasteiger partial charge in [-0.2, -0.15) is 5.10 Å². The quantitative estimate of drug-likeness (QED) is 0.258. The average Bonchev–Trinajstić information content (AvgIpc) is 2.80. The van der Waals surface area contributed by atoms with Crippen LogP contribution in [0, 0.1) is 0 Å². The molecule has 0 bridgehead atoms. The Balaban J connectivity index is 1.60. The summed E-state index contributed by atoms with van der Waals surface area (Å²) in [7, 11) is 1.49. The third kappa shape index (κ3) is 6.61. The normalized spacial score (nSPS) is 10.7. The third-order valence-electron chi connectivity index (χ3n) is 4.33. The molecule has 0 aliphatic carbocycles. The third-order valence-corrected chi connectivity index (χ3v) is 5.37. The van der Waals surface area contributed by atoms with E-state index in [1.807, 2.05) is 0 Å². The lowest BCUT2D eigenvalue weighted by Gasteiger charge is -2.13. The lowest BCUT2D eigenvalue weighted by atomic mass is 10.2. The van der Waals surface area contributed by atoms with Crippen LogP contribution in [-0.4, -0.2) is 25.1 Å². The molecule has 2 N–H and O–H groups in total. The van der Waals surface area contributed by atoms with Crippen molar-refractivity contribution in [1.29, 1.82) is 0 Å². The van der Waals surface area contributed by atoms with Crippen LogP contribution in [0.2, 0.25) is 15.1 Å². The summed E-state index contributed by atoms with van der Waals surface area (Å²) in [5.74, 6) is -0.951. The molecule has 3 rings (SSSR count). The topological polar surface area (TPSA) is 89.0 Å². The van der Waals surface area contributed by atoms with Crippen LogP contribution in [0.3, 0.4) is 0 Å². The van der Waals surface area contributed by atoms with Crippen LogP contribution in [0.4, 0.5) is 5.69 Å². The molecule has 0 aliphatic rings. The van der Waals surface area contributed by atoms with E-state index in [1.165, 1.54) is 13.3 Å². The number of hydrogen-bond acceptors (Lipinski definition) is 5. The van der Waals surface area contributed by atoms with Crippen LogP contribution < -0.4 is 20.2 Å². The zero-order chi connectivity index (χ0) is 23.8. The van der Waals surface area contributed by atoms with E-state index in [-0.39, 0.29) is 6.61 Å². The van der Waals surface area contributed by atoms with Gasteiger partial charge in [0.15, 0.2) is 11.5 Å². The van der Waals surface area contributed by atoms with Gasteiger partial charge in [0.2, 0.25) is 0 Å². The van der Waals surface area contributed by atoms with Gasteiger partial charge in [0.05, 0.1) is 24.0 Å². The number of carbonyl (C=O) groups excluding carboxylic acids is 2. The first-order valence-electron chi connectivity index (χ1n) is 9.51. The molecule has 7 nitrogen and oxygen atoms in total. The monoisotopic (exact) mass is 505 g/mol. The SMILES string of the molecule is COc1cc(C=NNC(=O)C(=O)Nc2ccccc2Cl)ccc1OCc1c(Cl)cccc1Cl. The van der Waals surface area contributed by atoms with E-state index in [0.717, 1.165) is 0 Å². The number of nitrogens with zero attached hydrogens (tertiary/aromatic N) is 1. The number of hydrazone groups is 1. The van der Waals surface area contributed by atoms with Crippen LogP contribution in [-0.2, 0) is 16.2 Å². The number of halogens is 3. The largest absolute Gasteiger partial charge is 0.493 e. The first kappa shape index (κ1) is 24.4. The fraction of sp³-hybridized carbons (Fsp3) is 0.0870. The molecule has 0 radical (unpaired) electrons. The van der Waals surface area contributed by atoms with Crippen molar-refractivity contribution in [2.45, 2.75) is 6.61 Å². The van der Waals surface area contributed by atoms with Crippen molar-refractivity contribution in [2.24, 2.45) is 5.10 Å². The summed E-state index contributed by atoms with van der Waals surface area (Å²) in [5.41, 5.74) is 3.73. The molecule has 0 fully saturated rings. The molecule has 0 spiro atoms. The maximum atomic E-state index is 12.0. The molecule has 0 heterocycles. The first-order chi connectivity index (χ1) is 15.9. The zero-order valence-corrected chi connectivity index (χ0v) is 19.5. The fourth-order valence-electron chi connectivity index (χ4n) is 2.66. The van der Waals surface area contributed by atoms with Gasteiger partial charge in [-0.15, -0.1) is 0 Å². The summed E-state index contributed by atoms with van der Waals surface area (Å²) in [5, 5.41) is 7.52. The molecule has 0 aliphatic heterocycles. The predicted molar refractivity (Wildman–Crippen MR) is 130 cm³/mol. The second-order valence-corrected chi connectivity index (χ2v) is 7.75. The minimum atomic E-state index is -0.949. The Hall–Kier alpha value is -3.26. The van der Waals surface area contributed by atoms with Gasteiger partial charge in [0, 0.05) is 15.6 Å².